The number of benzene rings is 2. The van der Waals surface area contributed by atoms with Crippen LogP contribution in [0.1, 0.15) is 0 Å². The molecule has 0 saturated heterocycles. The first-order chi connectivity index (χ1) is 8.83. The molecule has 2 aromatic rings. The average Bonchev–Trinajstić information content (AvgIpc) is 2.41. The van der Waals surface area contributed by atoms with Crippen molar-refractivity contribution in [3.05, 3.63) is 58.3 Å². The maximum atomic E-state index is 10.0. The number of nitroso groups, excluding NO2 is 2. The van der Waals surface area contributed by atoms with E-state index in [4.69, 9.17) is 0 Å². The Balaban J connectivity index is 0.00000180. The number of nitrogens with zero attached hydrogens (tertiary/aromatic N) is 2. The molecule has 7 heteroatoms. The second-order valence-corrected chi connectivity index (χ2v) is 3.56. The van der Waals surface area contributed by atoms with E-state index in [0.29, 0.717) is 11.4 Å². The summed E-state index contributed by atoms with van der Waals surface area (Å²) in [5.74, 6) is 0. The van der Waals surface area contributed by atoms with Gasteiger partial charge in [0.15, 0.2) is 0 Å². The third-order valence-corrected chi connectivity index (χ3v) is 2.45. The molecular formula is C12H10N4NaO2+. The predicted molar refractivity (Wildman–Crippen MR) is 70.7 cm³/mol. The van der Waals surface area contributed by atoms with Gasteiger partial charge in [0.05, 0.1) is 21.9 Å². The molecule has 6 nitrogen and oxygen atoms in total. The summed E-state index contributed by atoms with van der Waals surface area (Å²) in [6.45, 7) is 0. The zero-order valence-electron chi connectivity index (χ0n) is 10.3. The Bertz CT molecular complexity index is 491. The SMILES string of the molecule is O=NNc1ccc(-c2ccc(NN=O)cc2)cc1.[Na+]. The van der Waals surface area contributed by atoms with Crippen LogP contribution in [0.3, 0.4) is 0 Å². The van der Waals surface area contributed by atoms with E-state index in [-0.39, 0.29) is 29.6 Å². The molecule has 90 valence electrons. The summed E-state index contributed by atoms with van der Waals surface area (Å²) in [5.41, 5.74) is 7.92. The van der Waals surface area contributed by atoms with E-state index in [9.17, 15) is 9.81 Å². The van der Waals surface area contributed by atoms with Crippen LogP contribution in [0.2, 0.25) is 0 Å². The normalized spacial score (nSPS) is 9.05. The molecule has 0 unspecified atom stereocenters. The van der Waals surface area contributed by atoms with Gasteiger partial charge < -0.3 is 0 Å². The molecule has 0 heterocycles. The van der Waals surface area contributed by atoms with Crippen molar-refractivity contribution in [3.63, 3.8) is 0 Å². The van der Waals surface area contributed by atoms with Gasteiger partial charge in [-0.15, -0.1) is 9.81 Å². The Kier molecular flexibility index (Phi) is 6.14. The zero-order chi connectivity index (χ0) is 12.8. The van der Waals surface area contributed by atoms with Gasteiger partial charge in [0, 0.05) is 0 Å². The van der Waals surface area contributed by atoms with Gasteiger partial charge in [-0.25, -0.2) is 10.9 Å². The van der Waals surface area contributed by atoms with E-state index in [1.165, 1.54) is 0 Å². The van der Waals surface area contributed by atoms with Gasteiger partial charge in [0.1, 0.15) is 0 Å². The maximum absolute atomic E-state index is 10.0. The molecule has 0 aliphatic heterocycles. The van der Waals surface area contributed by atoms with Crippen LogP contribution in [-0.2, 0) is 0 Å². The Morgan fingerprint density at radius 2 is 0.947 bits per heavy atom. The molecule has 2 N–H and O–H groups in total. The van der Waals surface area contributed by atoms with Crippen LogP contribution in [0.15, 0.2) is 59.1 Å². The first kappa shape index (κ1) is 15.3. The summed E-state index contributed by atoms with van der Waals surface area (Å²) >= 11 is 0. The Hall–Kier alpha value is -1.76. The second-order valence-electron chi connectivity index (χ2n) is 3.56. The van der Waals surface area contributed by atoms with E-state index in [2.05, 4.69) is 21.4 Å². The number of anilines is 2. The van der Waals surface area contributed by atoms with Gasteiger partial charge in [-0.3, -0.25) is 0 Å². The minimum atomic E-state index is 0. The van der Waals surface area contributed by atoms with Crippen LogP contribution < -0.4 is 40.4 Å². The molecule has 0 radical (unpaired) electrons. The summed E-state index contributed by atoms with van der Waals surface area (Å²) < 4.78 is 0. The van der Waals surface area contributed by atoms with Crippen molar-refractivity contribution >= 4 is 11.4 Å². The molecule has 19 heavy (non-hydrogen) atoms. The van der Waals surface area contributed by atoms with E-state index < -0.39 is 0 Å². The molecule has 2 aromatic carbocycles. The third kappa shape index (κ3) is 4.13. The molecule has 0 fully saturated rings. The smallest absolute Gasteiger partial charge is 0.242 e. The molecule has 0 aliphatic rings. The van der Waals surface area contributed by atoms with Crippen molar-refractivity contribution < 1.29 is 29.6 Å². The molecule has 0 saturated carbocycles. The molecule has 0 aromatic heterocycles. The summed E-state index contributed by atoms with van der Waals surface area (Å²) in [7, 11) is 0. The van der Waals surface area contributed by atoms with Crippen molar-refractivity contribution in [2.45, 2.75) is 0 Å². The fraction of sp³-hybridized carbons (Fsp3) is 0. The second kappa shape index (κ2) is 7.63. The van der Waals surface area contributed by atoms with Crippen LogP contribution in [0.25, 0.3) is 11.1 Å². The standard InChI is InChI=1S/C12H10N4O2.Na/c17-15-13-11-5-1-9(2-6-11)10-3-7-12(8-4-10)14-16-18;/h1-8H,(H,13,17)(H,14,18);/q;+1. The topological polar surface area (TPSA) is 82.9 Å². The van der Waals surface area contributed by atoms with Gasteiger partial charge >= 0.3 is 29.6 Å². The quantitative estimate of drug-likeness (QED) is 0.469. The number of nitrogens with one attached hydrogen (secondary N) is 2. The van der Waals surface area contributed by atoms with E-state index in [1.807, 2.05) is 24.3 Å². The summed E-state index contributed by atoms with van der Waals surface area (Å²) in [6.07, 6.45) is 0. The molecule has 0 spiro atoms. The molecule has 2 rings (SSSR count). The van der Waals surface area contributed by atoms with E-state index in [0.717, 1.165) is 11.1 Å². The van der Waals surface area contributed by atoms with E-state index in [1.54, 1.807) is 24.3 Å². The van der Waals surface area contributed by atoms with Crippen LogP contribution in [-0.4, -0.2) is 0 Å². The minimum Gasteiger partial charge on any atom is -0.242 e. The van der Waals surface area contributed by atoms with Crippen molar-refractivity contribution in [1.82, 2.24) is 0 Å². The van der Waals surface area contributed by atoms with Gasteiger partial charge in [-0.1, -0.05) is 24.3 Å². The number of hydrogen-bond acceptors (Lipinski definition) is 4. The largest absolute Gasteiger partial charge is 1.00 e. The molecule has 0 bridgehead atoms. The first-order valence-electron chi connectivity index (χ1n) is 5.21. The molecular weight excluding hydrogens is 255 g/mol. The van der Waals surface area contributed by atoms with E-state index >= 15 is 0 Å². The third-order valence-electron chi connectivity index (χ3n) is 2.45. The van der Waals surface area contributed by atoms with Crippen LogP contribution in [0, 0.1) is 9.81 Å². The van der Waals surface area contributed by atoms with Crippen LogP contribution in [0.5, 0.6) is 0 Å². The maximum Gasteiger partial charge on any atom is 1.00 e. The Labute approximate surface area is 131 Å². The monoisotopic (exact) mass is 265 g/mol. The number of rotatable bonds is 5. The Morgan fingerprint density at radius 3 is 1.21 bits per heavy atom. The predicted octanol–water partition coefficient (Wildman–Crippen LogP) is 0.544. The van der Waals surface area contributed by atoms with Crippen molar-refractivity contribution in [2.75, 3.05) is 10.9 Å². The van der Waals surface area contributed by atoms with Gasteiger partial charge in [-0.2, -0.15) is 0 Å². The number of hydrogen-bond donors (Lipinski definition) is 2. The minimum absolute atomic E-state index is 0. The Morgan fingerprint density at radius 1 is 0.632 bits per heavy atom. The molecule has 0 atom stereocenters. The fourth-order valence-electron chi connectivity index (χ4n) is 1.58. The summed E-state index contributed by atoms with van der Waals surface area (Å²) in [4.78, 5) is 20.1. The molecule has 0 aliphatic carbocycles. The van der Waals surface area contributed by atoms with Crippen molar-refractivity contribution in [3.8, 4) is 11.1 Å². The van der Waals surface area contributed by atoms with Crippen molar-refractivity contribution in [1.29, 1.82) is 0 Å². The first-order valence-corrected chi connectivity index (χ1v) is 5.21. The van der Waals surface area contributed by atoms with Crippen LogP contribution in [0.4, 0.5) is 11.4 Å². The average molecular weight is 265 g/mol. The summed E-state index contributed by atoms with van der Waals surface area (Å²) in [5, 5.41) is 5.18. The van der Waals surface area contributed by atoms with Crippen LogP contribution >= 0.6 is 0 Å². The van der Waals surface area contributed by atoms with Gasteiger partial charge in [-0.05, 0) is 35.4 Å². The van der Waals surface area contributed by atoms with Gasteiger partial charge in [0.25, 0.3) is 0 Å². The zero-order valence-corrected chi connectivity index (χ0v) is 12.3. The van der Waals surface area contributed by atoms with Gasteiger partial charge in [0.2, 0.25) is 0 Å². The fourth-order valence-corrected chi connectivity index (χ4v) is 1.58. The molecule has 0 amide bonds. The van der Waals surface area contributed by atoms with Crippen molar-refractivity contribution in [2.24, 2.45) is 10.6 Å². The summed E-state index contributed by atoms with van der Waals surface area (Å²) in [6, 6.07) is 14.5.